The van der Waals surface area contributed by atoms with E-state index in [4.69, 9.17) is 4.42 Å². The van der Waals surface area contributed by atoms with Crippen LogP contribution >= 0.6 is 0 Å². The van der Waals surface area contributed by atoms with Crippen LogP contribution in [0.25, 0.3) is 11.0 Å². The Hall–Kier alpha value is -1.86. The quantitative estimate of drug-likeness (QED) is 0.926. The number of carbonyl (C=O) groups excluding carboxylic acids is 1. The van der Waals surface area contributed by atoms with E-state index in [0.717, 1.165) is 5.39 Å². The third-order valence-electron chi connectivity index (χ3n) is 4.27. The fourth-order valence-corrected chi connectivity index (χ4v) is 4.01. The predicted molar refractivity (Wildman–Crippen MR) is 87.7 cm³/mol. The summed E-state index contributed by atoms with van der Waals surface area (Å²) in [5, 5.41) is 3.77. The first-order valence-corrected chi connectivity index (χ1v) is 9.37. The number of hydrogen-bond donors (Lipinski definition) is 1. The molecule has 0 bridgehead atoms. The van der Waals surface area contributed by atoms with E-state index in [0.29, 0.717) is 37.1 Å². The van der Waals surface area contributed by atoms with E-state index in [-0.39, 0.29) is 17.7 Å². The smallest absolute Gasteiger partial charge is 0.255 e. The Kier molecular flexibility index (Phi) is 4.41. The highest BCUT2D eigenvalue weighted by atomic mass is 32.2. The molecule has 124 valence electrons. The Labute approximate surface area is 135 Å². The number of hydrogen-bond acceptors (Lipinski definition) is 4. The lowest BCUT2D eigenvalue weighted by atomic mass is 10.1. The molecule has 1 N–H and O–H groups in total. The van der Waals surface area contributed by atoms with Crippen molar-refractivity contribution in [2.24, 2.45) is 0 Å². The zero-order valence-electron chi connectivity index (χ0n) is 13.0. The lowest BCUT2D eigenvalue weighted by molar-refractivity contribution is 0.0924. The van der Waals surface area contributed by atoms with Gasteiger partial charge in [-0.15, -0.1) is 0 Å². The maximum absolute atomic E-state index is 12.4. The van der Waals surface area contributed by atoms with Crippen molar-refractivity contribution in [3.8, 4) is 0 Å². The van der Waals surface area contributed by atoms with E-state index >= 15 is 0 Å². The van der Waals surface area contributed by atoms with Crippen LogP contribution in [0.5, 0.6) is 0 Å². The summed E-state index contributed by atoms with van der Waals surface area (Å²) >= 11 is 0. The molecule has 0 unspecified atom stereocenters. The second kappa shape index (κ2) is 6.33. The van der Waals surface area contributed by atoms with Gasteiger partial charge in [0.05, 0.1) is 11.3 Å². The standard InChI is InChI=1S/C16H20N2O4S/c1-2-23(20,21)18-9-7-12(8-10-18)17-16(19)14-11-22-15-6-4-3-5-13(14)15/h3-6,11-12H,2,7-10H2,1H3,(H,17,19). The molecule has 7 heteroatoms. The molecule has 1 fully saturated rings. The van der Waals surface area contributed by atoms with Crippen molar-refractivity contribution in [1.29, 1.82) is 0 Å². The van der Waals surface area contributed by atoms with Crippen molar-refractivity contribution in [1.82, 2.24) is 9.62 Å². The number of benzene rings is 1. The number of sulfonamides is 1. The van der Waals surface area contributed by atoms with Crippen LogP contribution in [0, 0.1) is 0 Å². The number of rotatable bonds is 4. The number of furan rings is 1. The zero-order valence-corrected chi connectivity index (χ0v) is 13.8. The van der Waals surface area contributed by atoms with Crippen LogP contribution in [0.15, 0.2) is 34.9 Å². The van der Waals surface area contributed by atoms with E-state index in [1.165, 1.54) is 10.6 Å². The molecule has 2 heterocycles. The molecule has 1 aromatic heterocycles. The van der Waals surface area contributed by atoms with Crippen molar-refractivity contribution in [2.45, 2.75) is 25.8 Å². The third kappa shape index (κ3) is 3.25. The second-order valence-electron chi connectivity index (χ2n) is 5.69. The van der Waals surface area contributed by atoms with Gasteiger partial charge in [-0.2, -0.15) is 0 Å². The highest BCUT2D eigenvalue weighted by Crippen LogP contribution is 2.21. The van der Waals surface area contributed by atoms with Gasteiger partial charge in [0, 0.05) is 24.5 Å². The maximum Gasteiger partial charge on any atom is 0.255 e. The molecule has 0 radical (unpaired) electrons. The summed E-state index contributed by atoms with van der Waals surface area (Å²) in [5.74, 6) is -0.0582. The lowest BCUT2D eigenvalue weighted by Gasteiger charge is -2.31. The summed E-state index contributed by atoms with van der Waals surface area (Å²) in [6, 6.07) is 7.38. The normalized spacial score (nSPS) is 17.4. The van der Waals surface area contributed by atoms with Crippen molar-refractivity contribution in [3.05, 3.63) is 36.1 Å². The van der Waals surface area contributed by atoms with Gasteiger partial charge in [-0.25, -0.2) is 12.7 Å². The number of nitrogens with one attached hydrogen (secondary N) is 1. The molecule has 6 nitrogen and oxygen atoms in total. The van der Waals surface area contributed by atoms with E-state index in [9.17, 15) is 13.2 Å². The van der Waals surface area contributed by atoms with Crippen molar-refractivity contribution in [2.75, 3.05) is 18.8 Å². The molecule has 1 aliphatic heterocycles. The summed E-state index contributed by atoms with van der Waals surface area (Å²) in [4.78, 5) is 12.4. The summed E-state index contributed by atoms with van der Waals surface area (Å²) in [6.07, 6.45) is 2.72. The minimum atomic E-state index is -3.14. The van der Waals surface area contributed by atoms with Crippen molar-refractivity contribution >= 4 is 26.9 Å². The molecule has 23 heavy (non-hydrogen) atoms. The fraction of sp³-hybridized carbons (Fsp3) is 0.438. The number of nitrogens with zero attached hydrogens (tertiary/aromatic N) is 1. The fourth-order valence-electron chi connectivity index (χ4n) is 2.88. The van der Waals surface area contributed by atoms with Gasteiger partial charge in [0.1, 0.15) is 11.8 Å². The minimum Gasteiger partial charge on any atom is -0.463 e. The van der Waals surface area contributed by atoms with Gasteiger partial charge in [-0.05, 0) is 25.8 Å². The third-order valence-corrected chi connectivity index (χ3v) is 6.15. The average molecular weight is 336 g/mol. The highest BCUT2D eigenvalue weighted by molar-refractivity contribution is 7.89. The van der Waals surface area contributed by atoms with Gasteiger partial charge in [-0.1, -0.05) is 18.2 Å². The first kappa shape index (κ1) is 16.0. The number of amides is 1. The average Bonchev–Trinajstić information content (AvgIpc) is 2.99. The van der Waals surface area contributed by atoms with E-state index < -0.39 is 10.0 Å². The topological polar surface area (TPSA) is 79.6 Å². The van der Waals surface area contributed by atoms with Crippen LogP contribution in [0.2, 0.25) is 0 Å². The van der Waals surface area contributed by atoms with Crippen LogP contribution in [-0.4, -0.2) is 43.5 Å². The SMILES string of the molecule is CCS(=O)(=O)N1CCC(NC(=O)c2coc3ccccc23)CC1. The number of para-hydroxylation sites is 1. The number of piperidine rings is 1. The largest absolute Gasteiger partial charge is 0.463 e. The summed E-state index contributed by atoms with van der Waals surface area (Å²) in [5.41, 5.74) is 1.20. The molecule has 0 saturated carbocycles. The maximum atomic E-state index is 12.4. The minimum absolute atomic E-state index is 0.0144. The van der Waals surface area contributed by atoms with Gasteiger partial charge >= 0.3 is 0 Å². The second-order valence-corrected chi connectivity index (χ2v) is 7.95. The van der Waals surface area contributed by atoms with Gasteiger partial charge in [0.15, 0.2) is 0 Å². The number of fused-ring (bicyclic) bond motifs is 1. The van der Waals surface area contributed by atoms with Crippen LogP contribution in [0.1, 0.15) is 30.1 Å². The van der Waals surface area contributed by atoms with Crippen LogP contribution in [0.3, 0.4) is 0 Å². The summed E-state index contributed by atoms with van der Waals surface area (Å²) in [7, 11) is -3.14. The Morgan fingerprint density at radius 1 is 1.30 bits per heavy atom. The first-order valence-electron chi connectivity index (χ1n) is 7.76. The molecule has 0 atom stereocenters. The highest BCUT2D eigenvalue weighted by Gasteiger charge is 2.28. The summed E-state index contributed by atoms with van der Waals surface area (Å²) in [6.45, 7) is 2.55. The zero-order chi connectivity index (χ0) is 16.4. The molecule has 2 aromatic rings. The molecule has 3 rings (SSSR count). The molecule has 1 aliphatic rings. The van der Waals surface area contributed by atoms with Crippen LogP contribution in [0.4, 0.5) is 0 Å². The van der Waals surface area contributed by atoms with E-state index in [2.05, 4.69) is 5.32 Å². The van der Waals surface area contributed by atoms with Crippen molar-refractivity contribution < 1.29 is 17.6 Å². The monoisotopic (exact) mass is 336 g/mol. The van der Waals surface area contributed by atoms with Gasteiger partial charge in [-0.3, -0.25) is 4.79 Å². The van der Waals surface area contributed by atoms with Gasteiger partial charge < -0.3 is 9.73 Å². The molecule has 1 amide bonds. The lowest BCUT2D eigenvalue weighted by Crippen LogP contribution is -2.46. The Morgan fingerprint density at radius 2 is 2.00 bits per heavy atom. The predicted octanol–water partition coefficient (Wildman–Crippen LogP) is 1.98. The Morgan fingerprint density at radius 3 is 2.70 bits per heavy atom. The molecular formula is C16H20N2O4S. The molecule has 1 saturated heterocycles. The van der Waals surface area contributed by atoms with E-state index in [1.54, 1.807) is 6.92 Å². The van der Waals surface area contributed by atoms with Gasteiger partial charge in [0.2, 0.25) is 10.0 Å². The van der Waals surface area contributed by atoms with Crippen LogP contribution < -0.4 is 5.32 Å². The first-order chi connectivity index (χ1) is 11.0. The molecular weight excluding hydrogens is 316 g/mol. The van der Waals surface area contributed by atoms with Crippen LogP contribution in [-0.2, 0) is 10.0 Å². The van der Waals surface area contributed by atoms with Crippen molar-refractivity contribution in [3.63, 3.8) is 0 Å². The Balaban J connectivity index is 1.64. The molecule has 1 aromatic carbocycles. The Bertz CT molecular complexity index is 804. The summed E-state index contributed by atoms with van der Waals surface area (Å²) < 4.78 is 30.6. The number of carbonyl (C=O) groups is 1. The molecule has 0 aliphatic carbocycles. The van der Waals surface area contributed by atoms with Gasteiger partial charge in [0.25, 0.3) is 5.91 Å². The molecule has 0 spiro atoms. The van der Waals surface area contributed by atoms with E-state index in [1.807, 2.05) is 24.3 Å².